The first-order valence-electron chi connectivity index (χ1n) is 13.4. The number of aromatic amines is 1. The highest BCUT2D eigenvalue weighted by Gasteiger charge is 2.05. The first-order chi connectivity index (χ1) is 19.0. The lowest BCUT2D eigenvalue weighted by molar-refractivity contribution is 0.877. The maximum Gasteiger partial charge on any atom is 0.337 e. The summed E-state index contributed by atoms with van der Waals surface area (Å²) in [7, 11) is 0. The molecule has 0 aliphatic heterocycles. The van der Waals surface area contributed by atoms with Crippen LogP contribution in [-0.2, 0) is 0 Å². The van der Waals surface area contributed by atoms with Crippen LogP contribution in [0.3, 0.4) is 0 Å². The van der Waals surface area contributed by atoms with Crippen molar-refractivity contribution in [2.45, 2.75) is 70.7 Å². The number of aryl methyl sites for hydroxylation is 3. The van der Waals surface area contributed by atoms with Gasteiger partial charge in [-0.2, -0.15) is 0 Å². The van der Waals surface area contributed by atoms with Gasteiger partial charge in [-0.25, -0.2) is 9.59 Å². The Morgan fingerprint density at radius 1 is 0.524 bits per heavy atom. The fraction of sp³-hybridized carbons (Fsp3) is 0.278. The van der Waals surface area contributed by atoms with Gasteiger partial charge in [0.2, 0.25) is 0 Å². The summed E-state index contributed by atoms with van der Waals surface area (Å²) >= 11 is 0. The molecule has 6 rings (SSSR count). The van der Waals surface area contributed by atoms with Gasteiger partial charge < -0.3 is 4.98 Å². The summed E-state index contributed by atoms with van der Waals surface area (Å²) in [5, 5.41) is 0. The van der Waals surface area contributed by atoms with Crippen molar-refractivity contribution < 1.29 is 0 Å². The normalized spacial score (nSPS) is 8.93. The van der Waals surface area contributed by atoms with E-state index in [4.69, 9.17) is 0 Å². The zero-order valence-electron chi connectivity index (χ0n) is 24.1. The molecule has 4 heterocycles. The van der Waals surface area contributed by atoms with Crippen LogP contribution in [0.15, 0.2) is 119 Å². The molecule has 6 aromatic rings. The Morgan fingerprint density at radius 2 is 1.00 bits per heavy atom. The van der Waals surface area contributed by atoms with Gasteiger partial charge in [-0.3, -0.25) is 13.4 Å². The third kappa shape index (κ3) is 10.1. The van der Waals surface area contributed by atoms with Crippen molar-refractivity contribution >= 4 is 11.0 Å². The molecule has 0 amide bonds. The van der Waals surface area contributed by atoms with Crippen LogP contribution >= 0.6 is 0 Å². The van der Waals surface area contributed by atoms with E-state index >= 15 is 0 Å². The zero-order chi connectivity index (χ0) is 28.8. The maximum absolute atomic E-state index is 12.3. The molecule has 0 aliphatic carbocycles. The molecule has 0 spiro atoms. The molecule has 4 aromatic heterocycles. The summed E-state index contributed by atoms with van der Waals surface area (Å²) in [6.07, 6.45) is 6.97. The van der Waals surface area contributed by atoms with Crippen LogP contribution in [0.2, 0.25) is 0 Å². The summed E-state index contributed by atoms with van der Waals surface area (Å²) in [5.41, 5.74) is 6.45. The van der Waals surface area contributed by atoms with Gasteiger partial charge in [-0.05, 0) is 79.9 Å². The van der Waals surface area contributed by atoms with E-state index in [1.165, 1.54) is 11.1 Å². The lowest BCUT2D eigenvalue weighted by Gasteiger charge is -2.09. The van der Waals surface area contributed by atoms with E-state index < -0.39 is 0 Å². The SMILES string of the molecule is C.C.C.CC.CC.Cc1ccccc1-n1ccc2cccn2c1=O.Cc1ccccc1C.O=c1[nH]ccc2cccn12. The average molecular weight is 573 g/mol. The van der Waals surface area contributed by atoms with Gasteiger partial charge >= 0.3 is 11.4 Å². The molecule has 1 N–H and O–H groups in total. The molecule has 6 nitrogen and oxygen atoms in total. The van der Waals surface area contributed by atoms with Crippen LogP contribution in [0.1, 0.15) is 66.7 Å². The molecule has 0 atom stereocenters. The molecule has 0 saturated carbocycles. The minimum absolute atomic E-state index is 0. The summed E-state index contributed by atoms with van der Waals surface area (Å²) in [4.78, 5) is 25.8. The van der Waals surface area contributed by atoms with Gasteiger partial charge in [0.25, 0.3) is 0 Å². The van der Waals surface area contributed by atoms with E-state index in [2.05, 4.69) is 43.1 Å². The van der Waals surface area contributed by atoms with Gasteiger partial charge in [0, 0.05) is 24.8 Å². The molecule has 0 fully saturated rings. The Bertz CT molecular complexity index is 1670. The quantitative estimate of drug-likeness (QED) is 0.213. The lowest BCUT2D eigenvalue weighted by Crippen LogP contribution is -2.24. The fourth-order valence-corrected chi connectivity index (χ4v) is 3.70. The van der Waals surface area contributed by atoms with Gasteiger partial charge in [0.15, 0.2) is 0 Å². The summed E-state index contributed by atoms with van der Waals surface area (Å²) in [6, 6.07) is 27.5. The highest BCUT2D eigenvalue weighted by molar-refractivity contribution is 5.48. The average Bonchev–Trinajstić information content (AvgIpc) is 3.65. The van der Waals surface area contributed by atoms with Gasteiger partial charge in [-0.15, -0.1) is 0 Å². The molecular formula is C36H52N4O2. The Labute approximate surface area is 253 Å². The summed E-state index contributed by atoms with van der Waals surface area (Å²) < 4.78 is 4.87. The van der Waals surface area contributed by atoms with E-state index in [-0.39, 0.29) is 33.7 Å². The van der Waals surface area contributed by atoms with Gasteiger partial charge in [0.1, 0.15) is 0 Å². The van der Waals surface area contributed by atoms with Crippen molar-refractivity contribution in [2.75, 3.05) is 0 Å². The van der Waals surface area contributed by atoms with Crippen molar-refractivity contribution in [3.05, 3.63) is 147 Å². The Balaban J connectivity index is 0. The van der Waals surface area contributed by atoms with Crippen molar-refractivity contribution in [3.8, 4) is 5.69 Å². The third-order valence-electron chi connectivity index (χ3n) is 5.85. The fourth-order valence-electron chi connectivity index (χ4n) is 3.70. The van der Waals surface area contributed by atoms with Crippen LogP contribution in [0.5, 0.6) is 0 Å². The van der Waals surface area contributed by atoms with Crippen LogP contribution in [0, 0.1) is 20.8 Å². The molecular weight excluding hydrogens is 520 g/mol. The van der Waals surface area contributed by atoms with Crippen molar-refractivity contribution in [2.24, 2.45) is 0 Å². The number of para-hydroxylation sites is 1. The number of nitrogens with zero attached hydrogens (tertiary/aromatic N) is 3. The second kappa shape index (κ2) is 20.3. The maximum atomic E-state index is 12.3. The van der Waals surface area contributed by atoms with Crippen LogP contribution in [0.25, 0.3) is 16.7 Å². The highest BCUT2D eigenvalue weighted by atomic mass is 16.1. The standard InChI is InChI=1S/C14H12N2O.C8H10.C7H6N2O.2C2H6.3CH4/c1-11-5-2-3-7-13(11)16-10-8-12-6-4-9-15(12)14(16)17;1-7-5-3-4-6-8(7)2;10-7-8-4-3-6-2-1-5-9(6)7;2*1-2;;;/h2-10H,1H3;3-6H,1-2H3;1-5H,(H,8,10);2*1-2H3;3*1H4. The lowest BCUT2D eigenvalue weighted by atomic mass is 10.1. The Kier molecular flexibility index (Phi) is 19.1. The van der Waals surface area contributed by atoms with E-state index in [0.717, 1.165) is 22.3 Å². The van der Waals surface area contributed by atoms with Crippen LogP contribution < -0.4 is 11.4 Å². The summed E-state index contributed by atoms with van der Waals surface area (Å²) in [5.74, 6) is 0. The van der Waals surface area contributed by atoms with E-state index in [1.807, 2.05) is 101 Å². The van der Waals surface area contributed by atoms with Gasteiger partial charge in [0.05, 0.1) is 16.7 Å². The smallest absolute Gasteiger partial charge is 0.314 e. The second-order valence-electron chi connectivity index (χ2n) is 8.23. The van der Waals surface area contributed by atoms with E-state index in [0.29, 0.717) is 0 Å². The molecule has 0 bridgehead atoms. The molecule has 2 aromatic carbocycles. The number of nitrogens with one attached hydrogen (secondary N) is 1. The number of hydrogen-bond acceptors (Lipinski definition) is 2. The number of aromatic nitrogens is 4. The van der Waals surface area contributed by atoms with E-state index in [1.54, 1.807) is 32.0 Å². The Hall–Kier alpha value is -4.58. The summed E-state index contributed by atoms with van der Waals surface area (Å²) in [6.45, 7) is 14.2. The number of benzene rings is 2. The van der Waals surface area contributed by atoms with Crippen molar-refractivity contribution in [1.82, 2.24) is 18.4 Å². The van der Waals surface area contributed by atoms with Gasteiger partial charge in [-0.1, -0.05) is 92.4 Å². The minimum Gasteiger partial charge on any atom is -0.314 e. The highest BCUT2D eigenvalue weighted by Crippen LogP contribution is 2.11. The topological polar surface area (TPSA) is 63.7 Å². The molecule has 6 heteroatoms. The molecule has 0 unspecified atom stereocenters. The van der Waals surface area contributed by atoms with Crippen molar-refractivity contribution in [1.29, 1.82) is 0 Å². The molecule has 0 aliphatic rings. The predicted molar refractivity (Wildman–Crippen MR) is 185 cm³/mol. The molecule has 228 valence electrons. The largest absolute Gasteiger partial charge is 0.337 e. The minimum atomic E-state index is -0.0949. The number of fused-ring (bicyclic) bond motifs is 2. The zero-order valence-corrected chi connectivity index (χ0v) is 24.1. The molecule has 0 saturated heterocycles. The molecule has 42 heavy (non-hydrogen) atoms. The van der Waals surface area contributed by atoms with Crippen molar-refractivity contribution in [3.63, 3.8) is 0 Å². The Morgan fingerprint density at radius 3 is 1.50 bits per heavy atom. The third-order valence-corrected chi connectivity index (χ3v) is 5.85. The second-order valence-corrected chi connectivity index (χ2v) is 8.23. The number of hydrogen-bond donors (Lipinski definition) is 1. The number of H-pyrrole nitrogens is 1. The van der Waals surface area contributed by atoms with E-state index in [9.17, 15) is 9.59 Å². The first-order valence-corrected chi connectivity index (χ1v) is 13.4. The number of rotatable bonds is 1. The first kappa shape index (κ1) is 39.6. The van der Waals surface area contributed by atoms with Crippen LogP contribution in [0.4, 0.5) is 0 Å². The van der Waals surface area contributed by atoms with Crippen LogP contribution in [-0.4, -0.2) is 18.4 Å². The predicted octanol–water partition coefficient (Wildman–Crippen LogP) is 9.29. The monoisotopic (exact) mass is 572 g/mol. The molecule has 0 radical (unpaired) electrons.